The molecule has 0 radical (unpaired) electrons. The highest BCUT2D eigenvalue weighted by molar-refractivity contribution is 6.47. The molecular weight excluding hydrogens is 446 g/mol. The lowest BCUT2D eigenvalue weighted by atomic mass is 10.00. The van der Waals surface area contributed by atoms with Gasteiger partial charge in [-0.25, -0.2) is 4.79 Å². The molecule has 35 heavy (non-hydrogen) atoms. The minimum Gasteiger partial charge on any atom is -0.432 e. The van der Waals surface area contributed by atoms with Crippen LogP contribution in [-0.2, 0) is 16.2 Å². The normalized spacial score (nSPS) is 13.8. The third kappa shape index (κ3) is 3.63. The quantitative estimate of drug-likeness (QED) is 0.242. The monoisotopic (exact) mass is 469 g/mol. The molecule has 0 amide bonds. The second-order valence-electron chi connectivity index (χ2n) is 8.49. The summed E-state index contributed by atoms with van der Waals surface area (Å²) in [4.78, 5) is 43.8. The average molecular weight is 469 g/mol. The molecule has 0 spiro atoms. The molecule has 8 heteroatoms. The lowest BCUT2D eigenvalue weighted by Crippen LogP contribution is -2.13. The Hall–Kier alpha value is -4.46. The van der Waals surface area contributed by atoms with E-state index in [-0.39, 0.29) is 11.7 Å². The van der Waals surface area contributed by atoms with Crippen molar-refractivity contribution in [3.05, 3.63) is 71.3 Å². The predicted octanol–water partition coefficient (Wildman–Crippen LogP) is 4.56. The van der Waals surface area contributed by atoms with Gasteiger partial charge < -0.3 is 19.0 Å². The van der Waals surface area contributed by atoms with Gasteiger partial charge in [0.25, 0.3) is 5.78 Å². The Balaban J connectivity index is 1.66. The first-order chi connectivity index (χ1) is 16.8. The molecule has 176 valence electrons. The molecule has 3 aromatic carbocycles. The summed E-state index contributed by atoms with van der Waals surface area (Å²) in [7, 11) is 3.89. The molecule has 5 rings (SSSR count). The third-order valence-corrected chi connectivity index (χ3v) is 6.10. The van der Waals surface area contributed by atoms with Crippen molar-refractivity contribution in [3.8, 4) is 5.75 Å². The van der Waals surface area contributed by atoms with E-state index >= 15 is 0 Å². The molecule has 0 bridgehead atoms. The molecule has 8 nitrogen and oxygen atoms in total. The summed E-state index contributed by atoms with van der Waals surface area (Å²) in [6.45, 7) is 3.90. The third-order valence-electron chi connectivity index (χ3n) is 6.10. The molecule has 0 unspecified atom stereocenters. The Morgan fingerprint density at radius 2 is 1.69 bits per heavy atom. The zero-order valence-corrected chi connectivity index (χ0v) is 19.8. The number of anilines is 1. The van der Waals surface area contributed by atoms with Gasteiger partial charge in [0.1, 0.15) is 0 Å². The number of carbonyl (C=O) groups excluding carboxylic acids is 3. The standard InChI is InChI=1S/C27H23N3O5/c1-5-30-21-12-8-17(24(32)16-6-9-18(10-7-16)29(3)4)14-20(21)23-22(30)13-11-19-25(33)27(34-26(19)23)28-35-15(2)31/h6-14H,5H2,1-4H3/b28-27-. The van der Waals surface area contributed by atoms with Crippen LogP contribution in [0.25, 0.3) is 21.8 Å². The lowest BCUT2D eigenvalue weighted by molar-refractivity contribution is -0.141. The lowest BCUT2D eigenvalue weighted by Gasteiger charge is -2.12. The number of rotatable bonds is 5. The molecule has 0 aliphatic carbocycles. The van der Waals surface area contributed by atoms with Crippen molar-refractivity contribution in [1.29, 1.82) is 0 Å². The molecule has 0 atom stereocenters. The van der Waals surface area contributed by atoms with Crippen LogP contribution in [0.2, 0.25) is 0 Å². The number of Topliss-reactive ketones (excluding diaryl/α,β-unsaturated/α-hetero) is 1. The molecule has 2 heterocycles. The number of aryl methyl sites for hydroxylation is 1. The van der Waals surface area contributed by atoms with Crippen LogP contribution in [-0.4, -0.2) is 42.1 Å². The van der Waals surface area contributed by atoms with Crippen molar-refractivity contribution in [1.82, 2.24) is 4.57 Å². The van der Waals surface area contributed by atoms with Crippen LogP contribution in [0, 0.1) is 0 Å². The van der Waals surface area contributed by atoms with Gasteiger partial charge in [-0.15, -0.1) is 0 Å². The number of benzene rings is 3. The van der Waals surface area contributed by atoms with Crippen LogP contribution in [0.5, 0.6) is 5.75 Å². The Labute approximate surface area is 201 Å². The largest absolute Gasteiger partial charge is 0.432 e. The van der Waals surface area contributed by atoms with Crippen LogP contribution < -0.4 is 9.64 Å². The topological polar surface area (TPSA) is 90.2 Å². The van der Waals surface area contributed by atoms with Crippen LogP contribution in [0.1, 0.15) is 40.1 Å². The fourth-order valence-electron chi connectivity index (χ4n) is 4.43. The van der Waals surface area contributed by atoms with Gasteiger partial charge in [-0.2, -0.15) is 0 Å². The molecule has 1 aliphatic rings. The average Bonchev–Trinajstić information content (AvgIpc) is 3.35. The summed E-state index contributed by atoms with van der Waals surface area (Å²) in [6, 6.07) is 16.5. The van der Waals surface area contributed by atoms with Gasteiger partial charge in [-0.05, 0) is 66.7 Å². The molecule has 0 fully saturated rings. The number of nitrogens with zero attached hydrogens (tertiary/aromatic N) is 3. The highest BCUT2D eigenvalue weighted by Crippen LogP contribution is 2.41. The van der Waals surface area contributed by atoms with Crippen molar-refractivity contribution >= 4 is 50.9 Å². The molecule has 1 aliphatic heterocycles. The second-order valence-corrected chi connectivity index (χ2v) is 8.49. The highest BCUT2D eigenvalue weighted by atomic mass is 16.7. The fraction of sp³-hybridized carbons (Fsp3) is 0.185. The van der Waals surface area contributed by atoms with Gasteiger partial charge in [-0.3, -0.25) is 9.59 Å². The summed E-state index contributed by atoms with van der Waals surface area (Å²) in [5.74, 6) is -1.17. The summed E-state index contributed by atoms with van der Waals surface area (Å²) < 4.78 is 7.89. The first-order valence-electron chi connectivity index (χ1n) is 11.2. The smallest absolute Gasteiger partial charge is 0.332 e. The van der Waals surface area contributed by atoms with E-state index in [0.29, 0.717) is 34.4 Å². The van der Waals surface area contributed by atoms with Crippen LogP contribution in [0.15, 0.2) is 59.8 Å². The number of hydrogen-bond acceptors (Lipinski definition) is 7. The van der Waals surface area contributed by atoms with Gasteiger partial charge in [0.05, 0.1) is 16.5 Å². The maximum absolute atomic E-state index is 13.3. The Morgan fingerprint density at radius 1 is 1.00 bits per heavy atom. The van der Waals surface area contributed by atoms with Crippen LogP contribution in [0.3, 0.4) is 0 Å². The van der Waals surface area contributed by atoms with Crippen molar-refractivity contribution in [3.63, 3.8) is 0 Å². The number of ketones is 2. The van der Waals surface area contributed by atoms with E-state index < -0.39 is 11.8 Å². The van der Waals surface area contributed by atoms with Crippen molar-refractivity contribution in [2.45, 2.75) is 20.4 Å². The molecule has 0 saturated carbocycles. The Morgan fingerprint density at radius 3 is 2.34 bits per heavy atom. The Bertz CT molecular complexity index is 1560. The molecule has 0 N–H and O–H groups in total. The van der Waals surface area contributed by atoms with E-state index in [2.05, 4.69) is 14.6 Å². The minimum atomic E-state index is -0.653. The van der Waals surface area contributed by atoms with Gasteiger partial charge in [0, 0.05) is 55.3 Å². The van der Waals surface area contributed by atoms with E-state index in [9.17, 15) is 14.4 Å². The second kappa shape index (κ2) is 8.39. The predicted molar refractivity (Wildman–Crippen MR) is 133 cm³/mol. The maximum Gasteiger partial charge on any atom is 0.332 e. The van der Waals surface area contributed by atoms with Crippen molar-refractivity contribution in [2.24, 2.45) is 5.16 Å². The number of aromatic nitrogens is 1. The zero-order chi connectivity index (χ0) is 24.9. The minimum absolute atomic E-state index is 0.101. The summed E-state index contributed by atoms with van der Waals surface area (Å²) in [6.07, 6.45) is 0. The Kier molecular flexibility index (Phi) is 5.36. The van der Waals surface area contributed by atoms with Gasteiger partial charge in [0.2, 0.25) is 0 Å². The number of hydrogen-bond donors (Lipinski definition) is 0. The molecule has 4 aromatic rings. The van der Waals surface area contributed by atoms with Crippen LogP contribution >= 0.6 is 0 Å². The number of ether oxygens (including phenoxy) is 1. The molecular formula is C27H23N3O5. The first-order valence-corrected chi connectivity index (χ1v) is 11.2. The van der Waals surface area contributed by atoms with E-state index in [0.717, 1.165) is 22.1 Å². The number of fused-ring (bicyclic) bond motifs is 5. The SMILES string of the molecule is CCn1c2ccc(C(=O)c3ccc(N(C)C)cc3)cc2c2c3c(ccc21)C(=O)/C(=N/OC(C)=O)O3. The summed E-state index contributed by atoms with van der Waals surface area (Å²) in [5.41, 5.74) is 4.23. The highest BCUT2D eigenvalue weighted by Gasteiger charge is 2.33. The van der Waals surface area contributed by atoms with E-state index in [1.54, 1.807) is 6.07 Å². The van der Waals surface area contributed by atoms with Crippen LogP contribution in [0.4, 0.5) is 5.69 Å². The summed E-state index contributed by atoms with van der Waals surface area (Å²) >= 11 is 0. The maximum atomic E-state index is 13.3. The molecule has 0 saturated heterocycles. The fourth-order valence-corrected chi connectivity index (χ4v) is 4.43. The van der Waals surface area contributed by atoms with E-state index in [1.165, 1.54) is 6.92 Å². The number of carbonyl (C=O) groups is 3. The van der Waals surface area contributed by atoms with Gasteiger partial charge in [0.15, 0.2) is 11.5 Å². The first kappa shape index (κ1) is 22.3. The van der Waals surface area contributed by atoms with E-state index in [4.69, 9.17) is 4.74 Å². The zero-order valence-electron chi connectivity index (χ0n) is 19.8. The van der Waals surface area contributed by atoms with E-state index in [1.807, 2.05) is 74.4 Å². The van der Waals surface area contributed by atoms with Crippen molar-refractivity contribution in [2.75, 3.05) is 19.0 Å². The van der Waals surface area contributed by atoms with Gasteiger partial charge >= 0.3 is 11.9 Å². The summed E-state index contributed by atoms with van der Waals surface area (Å²) in [5, 5.41) is 5.06. The van der Waals surface area contributed by atoms with Crippen molar-refractivity contribution < 1.29 is 24.0 Å². The number of oxime groups is 1. The van der Waals surface area contributed by atoms with Gasteiger partial charge in [-0.1, -0.05) is 0 Å². The molecule has 1 aromatic heterocycles.